The lowest BCUT2D eigenvalue weighted by molar-refractivity contribution is 0.0745. The van der Waals surface area contributed by atoms with Gasteiger partial charge in [0.1, 0.15) is 5.75 Å². The number of carbonyl (C=O) groups excluding carboxylic acids is 3. The van der Waals surface area contributed by atoms with Crippen molar-refractivity contribution in [2.24, 2.45) is 5.73 Å². The Kier molecular flexibility index (Phi) is 7.10. The lowest BCUT2D eigenvalue weighted by Crippen LogP contribution is -2.33. The van der Waals surface area contributed by atoms with Crippen LogP contribution in [0, 0.1) is 6.92 Å². The molecule has 0 aliphatic heterocycles. The number of likely N-dealkylation sites (N-methyl/N-ethyl adjacent to an activating group) is 1. The Labute approximate surface area is 187 Å². The van der Waals surface area contributed by atoms with Crippen molar-refractivity contribution in [1.29, 1.82) is 0 Å². The average molecular weight is 434 g/mol. The summed E-state index contributed by atoms with van der Waals surface area (Å²) in [7, 11) is 3.13. The van der Waals surface area contributed by atoms with Crippen LogP contribution in [0.3, 0.4) is 0 Å². The van der Waals surface area contributed by atoms with Crippen LogP contribution in [-0.4, -0.2) is 47.8 Å². The molecular weight excluding hydrogens is 406 g/mol. The number of aromatic nitrogens is 1. The first-order valence-electron chi connectivity index (χ1n) is 10.3. The van der Waals surface area contributed by atoms with Crippen LogP contribution in [0.5, 0.6) is 5.75 Å². The predicted molar refractivity (Wildman–Crippen MR) is 122 cm³/mol. The normalized spacial score (nSPS) is 10.6. The van der Waals surface area contributed by atoms with Gasteiger partial charge in [-0.2, -0.15) is 0 Å². The Hall–Kier alpha value is -3.87. The smallest absolute Gasteiger partial charge is 0.254 e. The number of benzene rings is 2. The molecule has 2 aromatic carbocycles. The van der Waals surface area contributed by atoms with Gasteiger partial charge in [-0.25, -0.2) is 0 Å². The summed E-state index contributed by atoms with van der Waals surface area (Å²) in [4.78, 5) is 39.1. The van der Waals surface area contributed by atoms with E-state index in [0.717, 1.165) is 5.56 Å². The molecule has 2 amide bonds. The second-order valence-electron chi connectivity index (χ2n) is 7.59. The molecule has 7 heteroatoms. The predicted octanol–water partition coefficient (Wildman–Crippen LogP) is 3.10. The number of carbonyl (C=O) groups is 3. The largest absolute Gasteiger partial charge is 0.497 e. The van der Waals surface area contributed by atoms with Gasteiger partial charge in [-0.1, -0.05) is 30.3 Å². The first-order chi connectivity index (χ1) is 15.3. The van der Waals surface area contributed by atoms with E-state index >= 15 is 0 Å². The summed E-state index contributed by atoms with van der Waals surface area (Å²) in [6.45, 7) is 2.16. The lowest BCUT2D eigenvalue weighted by Gasteiger charge is -2.18. The Morgan fingerprint density at radius 2 is 1.69 bits per heavy atom. The van der Waals surface area contributed by atoms with Crippen LogP contribution in [0.25, 0.3) is 0 Å². The molecule has 2 N–H and O–H groups in total. The highest BCUT2D eigenvalue weighted by molar-refractivity contribution is 6.04. The van der Waals surface area contributed by atoms with Gasteiger partial charge in [-0.3, -0.25) is 14.4 Å². The number of nitrogens with zero attached hydrogens (tertiary/aromatic N) is 2. The molecule has 0 bridgehead atoms. The second-order valence-corrected chi connectivity index (χ2v) is 7.59. The zero-order valence-corrected chi connectivity index (χ0v) is 18.5. The Morgan fingerprint density at radius 3 is 2.28 bits per heavy atom. The summed E-state index contributed by atoms with van der Waals surface area (Å²) in [6, 6.07) is 18.1. The molecule has 1 aromatic heterocycles. The molecule has 0 aliphatic rings. The molecule has 1 heterocycles. The van der Waals surface area contributed by atoms with E-state index in [2.05, 4.69) is 0 Å². The number of aryl methyl sites for hydroxylation is 1. The fourth-order valence-corrected chi connectivity index (χ4v) is 3.62. The van der Waals surface area contributed by atoms with Crippen molar-refractivity contribution in [3.05, 3.63) is 88.7 Å². The highest BCUT2D eigenvalue weighted by atomic mass is 16.5. The fourth-order valence-electron chi connectivity index (χ4n) is 3.62. The van der Waals surface area contributed by atoms with E-state index in [0.29, 0.717) is 41.2 Å². The summed E-state index contributed by atoms with van der Waals surface area (Å²) >= 11 is 0. The number of methoxy groups -OCH3 is 1. The van der Waals surface area contributed by atoms with Crippen LogP contribution < -0.4 is 10.5 Å². The highest BCUT2D eigenvalue weighted by Gasteiger charge is 2.23. The number of amides is 2. The topological polar surface area (TPSA) is 94.6 Å². The SMILES string of the molecule is COc1ccc(C(=O)N(C)CC(=O)c2cc(C(N)=O)c(C)n2CCc2ccccc2)cc1. The van der Waals surface area contributed by atoms with Crippen molar-refractivity contribution < 1.29 is 19.1 Å². The lowest BCUT2D eigenvalue weighted by atomic mass is 10.1. The molecule has 0 aliphatic carbocycles. The fraction of sp³-hybridized carbons (Fsp3) is 0.240. The molecular formula is C25H27N3O4. The van der Waals surface area contributed by atoms with E-state index in [-0.39, 0.29) is 18.2 Å². The quantitative estimate of drug-likeness (QED) is 0.525. The number of primary amides is 1. The van der Waals surface area contributed by atoms with Gasteiger partial charge >= 0.3 is 0 Å². The van der Waals surface area contributed by atoms with Gasteiger partial charge in [0.15, 0.2) is 5.78 Å². The zero-order chi connectivity index (χ0) is 23.3. The molecule has 0 radical (unpaired) electrons. The molecule has 0 unspecified atom stereocenters. The van der Waals surface area contributed by atoms with Crippen LogP contribution in [0.4, 0.5) is 0 Å². The monoisotopic (exact) mass is 433 g/mol. The van der Waals surface area contributed by atoms with Crippen LogP contribution in [0.15, 0.2) is 60.7 Å². The van der Waals surface area contributed by atoms with Crippen molar-refractivity contribution in [3.63, 3.8) is 0 Å². The van der Waals surface area contributed by atoms with E-state index in [9.17, 15) is 14.4 Å². The first kappa shape index (κ1) is 22.8. The van der Waals surface area contributed by atoms with E-state index in [4.69, 9.17) is 10.5 Å². The molecule has 7 nitrogen and oxygen atoms in total. The maximum Gasteiger partial charge on any atom is 0.254 e. The van der Waals surface area contributed by atoms with Gasteiger partial charge in [-0.05, 0) is 49.2 Å². The van der Waals surface area contributed by atoms with Gasteiger partial charge < -0.3 is 19.9 Å². The number of rotatable bonds is 9. The van der Waals surface area contributed by atoms with E-state index < -0.39 is 5.91 Å². The zero-order valence-electron chi connectivity index (χ0n) is 18.5. The van der Waals surface area contributed by atoms with Crippen LogP contribution in [0.1, 0.15) is 42.5 Å². The van der Waals surface area contributed by atoms with Crippen LogP contribution >= 0.6 is 0 Å². The van der Waals surface area contributed by atoms with Gasteiger partial charge in [0, 0.05) is 24.8 Å². The number of ether oxygens (including phenoxy) is 1. The number of hydrogen-bond donors (Lipinski definition) is 1. The van der Waals surface area contributed by atoms with Gasteiger partial charge in [0.25, 0.3) is 11.8 Å². The second kappa shape index (κ2) is 9.96. The van der Waals surface area contributed by atoms with E-state index in [1.54, 1.807) is 49.9 Å². The summed E-state index contributed by atoms with van der Waals surface area (Å²) in [5.74, 6) is -0.489. The number of ketones is 1. The average Bonchev–Trinajstić information content (AvgIpc) is 3.14. The van der Waals surface area contributed by atoms with Gasteiger partial charge in [-0.15, -0.1) is 0 Å². The molecule has 0 saturated heterocycles. The minimum atomic E-state index is -0.585. The number of hydrogen-bond acceptors (Lipinski definition) is 4. The van der Waals surface area contributed by atoms with Crippen LogP contribution in [-0.2, 0) is 13.0 Å². The molecule has 0 fully saturated rings. The highest BCUT2D eigenvalue weighted by Crippen LogP contribution is 2.18. The molecule has 0 saturated carbocycles. The standard InChI is InChI=1S/C25H27N3O4/c1-17-21(24(26)30)15-22(28(17)14-13-18-7-5-4-6-8-18)23(29)16-27(2)25(31)19-9-11-20(32-3)12-10-19/h4-12,15H,13-14,16H2,1-3H3,(H2,26,30). The minimum absolute atomic E-state index is 0.127. The summed E-state index contributed by atoms with van der Waals surface area (Å²) in [6.07, 6.45) is 0.690. The Bertz CT molecular complexity index is 1120. The van der Waals surface area contributed by atoms with Gasteiger partial charge in [0.2, 0.25) is 0 Å². The molecule has 0 atom stereocenters. The van der Waals surface area contributed by atoms with Crippen molar-refractivity contribution in [2.75, 3.05) is 20.7 Å². The van der Waals surface area contributed by atoms with Crippen molar-refractivity contribution in [3.8, 4) is 5.75 Å². The van der Waals surface area contributed by atoms with Crippen LogP contribution in [0.2, 0.25) is 0 Å². The maximum atomic E-state index is 13.1. The first-order valence-corrected chi connectivity index (χ1v) is 10.3. The van der Waals surface area contributed by atoms with Gasteiger partial charge in [0.05, 0.1) is 24.9 Å². The Balaban J connectivity index is 1.80. The molecule has 32 heavy (non-hydrogen) atoms. The summed E-state index contributed by atoms with van der Waals surface area (Å²) < 4.78 is 6.92. The molecule has 0 spiro atoms. The summed E-state index contributed by atoms with van der Waals surface area (Å²) in [5, 5.41) is 0. The maximum absolute atomic E-state index is 13.1. The molecule has 166 valence electrons. The van der Waals surface area contributed by atoms with Crippen molar-refractivity contribution in [1.82, 2.24) is 9.47 Å². The van der Waals surface area contributed by atoms with E-state index in [1.165, 1.54) is 11.0 Å². The summed E-state index contributed by atoms with van der Waals surface area (Å²) in [5.41, 5.74) is 8.40. The molecule has 3 aromatic rings. The minimum Gasteiger partial charge on any atom is -0.497 e. The van der Waals surface area contributed by atoms with Crippen molar-refractivity contribution in [2.45, 2.75) is 19.9 Å². The third-order valence-corrected chi connectivity index (χ3v) is 5.45. The van der Waals surface area contributed by atoms with Crippen molar-refractivity contribution >= 4 is 17.6 Å². The Morgan fingerprint density at radius 1 is 1.03 bits per heavy atom. The molecule has 3 rings (SSSR count). The van der Waals surface area contributed by atoms with E-state index in [1.807, 2.05) is 30.3 Å². The third kappa shape index (κ3) is 5.06. The third-order valence-electron chi connectivity index (χ3n) is 5.45. The number of Topliss-reactive ketones (excluding diaryl/α,β-unsaturated/α-hetero) is 1. The number of nitrogens with two attached hydrogens (primary N) is 1.